The van der Waals surface area contributed by atoms with Crippen LogP contribution in [0.25, 0.3) is 0 Å². The minimum atomic E-state index is -4.81. The molecule has 0 radical (unpaired) electrons. The van der Waals surface area contributed by atoms with Gasteiger partial charge in [0.05, 0.1) is 0 Å². The maximum atomic E-state index is 11.7. The zero-order chi connectivity index (χ0) is 15.3. The molecule has 7 nitrogen and oxygen atoms in total. The number of rotatable bonds is 6. The van der Waals surface area contributed by atoms with Gasteiger partial charge in [0.15, 0.2) is 0 Å². The number of hydrogen-bond acceptors (Lipinski definition) is 5. The Morgan fingerprint density at radius 1 is 0.696 bits per heavy atom. The van der Waals surface area contributed by atoms with Crippen molar-refractivity contribution in [3.8, 4) is 0 Å². The Kier molecular flexibility index (Phi) is 12.2. The molecule has 0 aromatic heterocycles. The Balaban J connectivity index is 0.00000242. The predicted octanol–water partition coefficient (Wildman–Crippen LogP) is -3.83. The summed E-state index contributed by atoms with van der Waals surface area (Å²) in [6, 6.07) is 15.6. The Morgan fingerprint density at radius 2 is 1.00 bits per heavy atom. The molecular formula is C12H12K2N2O5P2. The van der Waals surface area contributed by atoms with Crippen molar-refractivity contribution in [3.05, 3.63) is 60.7 Å². The molecule has 0 bridgehead atoms. The summed E-state index contributed by atoms with van der Waals surface area (Å²) in [5, 5.41) is 4.05. The van der Waals surface area contributed by atoms with Crippen molar-refractivity contribution >= 4 is 26.9 Å². The van der Waals surface area contributed by atoms with Gasteiger partial charge in [-0.2, -0.15) is 0 Å². The van der Waals surface area contributed by atoms with E-state index < -0.39 is 15.5 Å². The molecule has 0 aliphatic carbocycles. The van der Waals surface area contributed by atoms with E-state index in [0.29, 0.717) is 0 Å². The largest absolute Gasteiger partial charge is 1.00 e. The van der Waals surface area contributed by atoms with E-state index in [2.05, 4.69) is 4.31 Å². The van der Waals surface area contributed by atoms with Gasteiger partial charge in [-0.05, 0) is 24.3 Å². The van der Waals surface area contributed by atoms with Crippen molar-refractivity contribution in [1.82, 2.24) is 0 Å². The smallest absolute Gasteiger partial charge is 0.761 e. The van der Waals surface area contributed by atoms with Crippen LogP contribution < -0.4 is 123 Å². The third-order valence-corrected chi connectivity index (χ3v) is 5.08. The fourth-order valence-electron chi connectivity index (χ4n) is 1.52. The maximum Gasteiger partial charge on any atom is 1.00 e. The first-order valence-electron chi connectivity index (χ1n) is 5.86. The normalized spacial score (nSPS) is 15.0. The zero-order valence-electron chi connectivity index (χ0n) is 12.7. The van der Waals surface area contributed by atoms with Crippen LogP contribution in [-0.2, 0) is 13.4 Å². The van der Waals surface area contributed by atoms with Crippen LogP contribution in [-0.4, -0.2) is 0 Å². The Bertz CT molecular complexity index is 631. The first-order valence-corrected chi connectivity index (χ1v) is 8.95. The summed E-state index contributed by atoms with van der Waals surface area (Å²) < 4.78 is 27.6. The summed E-state index contributed by atoms with van der Waals surface area (Å²) in [5.74, 6) is 0. The van der Waals surface area contributed by atoms with E-state index in [1.807, 2.05) is 10.2 Å². The molecule has 23 heavy (non-hydrogen) atoms. The van der Waals surface area contributed by atoms with Crippen molar-refractivity contribution in [1.29, 1.82) is 0 Å². The number of hydrogen-bond donors (Lipinski definition) is 2. The van der Waals surface area contributed by atoms with E-state index in [4.69, 9.17) is 0 Å². The van der Waals surface area contributed by atoms with Gasteiger partial charge < -0.3 is 20.0 Å². The summed E-state index contributed by atoms with van der Waals surface area (Å²) in [5.41, 5.74) is 0.408. The van der Waals surface area contributed by atoms with E-state index in [9.17, 15) is 18.9 Å². The maximum absolute atomic E-state index is 11.7. The van der Waals surface area contributed by atoms with E-state index in [0.717, 1.165) is 0 Å². The molecule has 2 unspecified atom stereocenters. The fraction of sp³-hybridized carbons (Fsp3) is 0. The van der Waals surface area contributed by atoms with E-state index in [1.165, 1.54) is 24.3 Å². The van der Waals surface area contributed by atoms with Gasteiger partial charge in [-0.3, -0.25) is 13.4 Å². The van der Waals surface area contributed by atoms with Gasteiger partial charge in [0.25, 0.3) is 0 Å². The van der Waals surface area contributed by atoms with Crippen LogP contribution in [0.1, 0.15) is 0 Å². The number of anilines is 2. The van der Waals surface area contributed by atoms with Gasteiger partial charge in [0, 0.05) is 11.4 Å². The topological polar surface area (TPSA) is 114 Å². The Hall–Kier alpha value is 1.65. The van der Waals surface area contributed by atoms with Crippen LogP contribution in [0, 0.1) is 0 Å². The van der Waals surface area contributed by atoms with Gasteiger partial charge in [0.1, 0.15) is 0 Å². The molecule has 0 saturated heterocycles. The van der Waals surface area contributed by atoms with Gasteiger partial charge in [0.2, 0.25) is 15.5 Å². The average molecular weight is 404 g/mol. The molecule has 0 aliphatic heterocycles. The SMILES string of the molecule is O=P([O-])(Nc1ccccc1)OP(=O)([O-])Nc1ccccc1.[K+].[K+]. The summed E-state index contributed by atoms with van der Waals surface area (Å²) in [7, 11) is -9.62. The van der Waals surface area contributed by atoms with Gasteiger partial charge in [-0.1, -0.05) is 36.4 Å². The molecule has 0 fully saturated rings. The summed E-state index contributed by atoms with van der Waals surface area (Å²) in [6.45, 7) is 0. The second kappa shape index (κ2) is 11.4. The van der Waals surface area contributed by atoms with Crippen LogP contribution >= 0.6 is 15.5 Å². The minimum absolute atomic E-state index is 0. The van der Waals surface area contributed by atoms with E-state index in [-0.39, 0.29) is 114 Å². The van der Waals surface area contributed by atoms with Crippen LogP contribution in [0.2, 0.25) is 0 Å². The van der Waals surface area contributed by atoms with Crippen LogP contribution in [0.4, 0.5) is 11.4 Å². The number of nitrogens with one attached hydrogen (secondary N) is 2. The number of benzene rings is 2. The van der Waals surface area contributed by atoms with Gasteiger partial charge in [-0.25, -0.2) is 0 Å². The first-order chi connectivity index (χ1) is 9.86. The average Bonchev–Trinajstić information content (AvgIpc) is 2.38. The van der Waals surface area contributed by atoms with Gasteiger partial charge >= 0.3 is 103 Å². The molecule has 2 aromatic rings. The summed E-state index contributed by atoms with van der Waals surface area (Å²) in [4.78, 5) is 23.4. The first kappa shape index (κ1) is 24.7. The molecule has 0 amide bonds. The second-order valence-electron chi connectivity index (χ2n) is 4.03. The molecule has 11 heteroatoms. The van der Waals surface area contributed by atoms with Gasteiger partial charge in [-0.15, -0.1) is 0 Å². The third kappa shape index (κ3) is 9.79. The van der Waals surface area contributed by atoms with Crippen molar-refractivity contribution in [2.45, 2.75) is 0 Å². The minimum Gasteiger partial charge on any atom is -0.761 e. The molecule has 2 atom stereocenters. The summed E-state index contributed by atoms with van der Waals surface area (Å²) in [6.07, 6.45) is 0. The fourth-order valence-corrected chi connectivity index (χ4v) is 3.91. The van der Waals surface area contributed by atoms with Crippen LogP contribution in [0.3, 0.4) is 0 Å². The standard InChI is InChI=1S/C12H14N2O5P2.2K/c15-20(16,13-11-7-3-1-4-8-11)19-21(17,18)14-12-9-5-2-6-10-12;;/h1-10H,(H2,13,15,16)(H2,14,17,18);;/q;2*+1/p-2. The Morgan fingerprint density at radius 3 is 1.30 bits per heavy atom. The van der Waals surface area contributed by atoms with E-state index in [1.54, 1.807) is 36.4 Å². The monoisotopic (exact) mass is 404 g/mol. The predicted molar refractivity (Wildman–Crippen MR) is 76.4 cm³/mol. The molecule has 0 aliphatic rings. The molecule has 112 valence electrons. The Labute approximate surface area is 219 Å². The molecule has 0 saturated carbocycles. The summed E-state index contributed by atoms with van der Waals surface area (Å²) >= 11 is 0. The van der Waals surface area contributed by atoms with Crippen LogP contribution in [0.15, 0.2) is 60.7 Å². The quantitative estimate of drug-likeness (QED) is 0.375. The third-order valence-electron chi connectivity index (χ3n) is 2.29. The van der Waals surface area contributed by atoms with Crippen molar-refractivity contribution < 1.29 is 126 Å². The molecule has 2 rings (SSSR count). The molecule has 0 heterocycles. The van der Waals surface area contributed by atoms with Crippen LogP contribution in [0.5, 0.6) is 0 Å². The zero-order valence-corrected chi connectivity index (χ0v) is 20.7. The second-order valence-corrected chi connectivity index (χ2v) is 7.12. The van der Waals surface area contributed by atoms with Crippen molar-refractivity contribution in [3.63, 3.8) is 0 Å². The molecular weight excluding hydrogens is 392 g/mol. The number of para-hydroxylation sites is 2. The van der Waals surface area contributed by atoms with Crippen molar-refractivity contribution in [2.75, 3.05) is 10.2 Å². The van der Waals surface area contributed by atoms with E-state index >= 15 is 0 Å². The van der Waals surface area contributed by atoms with Crippen molar-refractivity contribution in [2.24, 2.45) is 0 Å². The molecule has 0 spiro atoms. The molecule has 2 aromatic carbocycles. The molecule has 2 N–H and O–H groups in total.